The monoisotopic (exact) mass is 370 g/mol. The van der Waals surface area contributed by atoms with E-state index >= 15 is 0 Å². The van der Waals surface area contributed by atoms with Crippen LogP contribution in [-0.4, -0.2) is 37.8 Å². The van der Waals surface area contributed by atoms with E-state index in [9.17, 15) is 9.90 Å². The molecule has 2 aliphatic carbocycles. The second-order valence-corrected chi connectivity index (χ2v) is 6.81. The van der Waals surface area contributed by atoms with Crippen molar-refractivity contribution in [3.63, 3.8) is 0 Å². The molecule has 0 spiro atoms. The SMILES string of the molecule is COc1ccc(OC)c(C(O)CNC(=O)C2C3CCC(C3)C2N)c1.Cl. The average Bonchev–Trinajstić information content (AvgIpc) is 3.19. The lowest BCUT2D eigenvalue weighted by atomic mass is 9.84. The first-order valence-electron chi connectivity index (χ1n) is 8.48. The third-order valence-electron chi connectivity index (χ3n) is 5.55. The van der Waals surface area contributed by atoms with Crippen LogP contribution in [0.1, 0.15) is 30.9 Å². The molecule has 7 heteroatoms. The van der Waals surface area contributed by atoms with Crippen LogP contribution in [0.2, 0.25) is 0 Å². The third kappa shape index (κ3) is 3.86. The zero-order chi connectivity index (χ0) is 17.3. The number of hydrogen-bond acceptors (Lipinski definition) is 5. The van der Waals surface area contributed by atoms with Crippen molar-refractivity contribution in [3.05, 3.63) is 23.8 Å². The molecule has 2 saturated carbocycles. The van der Waals surface area contributed by atoms with Gasteiger partial charge in [-0.3, -0.25) is 4.79 Å². The van der Waals surface area contributed by atoms with Crippen LogP contribution >= 0.6 is 12.4 Å². The number of nitrogens with two attached hydrogens (primary N) is 1. The molecule has 6 nitrogen and oxygen atoms in total. The topological polar surface area (TPSA) is 93.8 Å². The molecule has 5 unspecified atom stereocenters. The van der Waals surface area contributed by atoms with Crippen LogP contribution in [0.25, 0.3) is 0 Å². The van der Waals surface area contributed by atoms with Crippen LogP contribution in [0.4, 0.5) is 0 Å². The minimum absolute atomic E-state index is 0. The van der Waals surface area contributed by atoms with Gasteiger partial charge in [0, 0.05) is 18.2 Å². The lowest BCUT2D eigenvalue weighted by Gasteiger charge is -2.27. The van der Waals surface area contributed by atoms with E-state index in [1.165, 1.54) is 0 Å². The molecule has 2 bridgehead atoms. The second kappa shape index (κ2) is 8.25. The van der Waals surface area contributed by atoms with Crippen LogP contribution in [0, 0.1) is 17.8 Å². The average molecular weight is 371 g/mol. The number of carbonyl (C=O) groups is 1. The van der Waals surface area contributed by atoms with Crippen molar-refractivity contribution in [1.82, 2.24) is 5.32 Å². The number of amides is 1. The summed E-state index contributed by atoms with van der Waals surface area (Å²) < 4.78 is 10.5. The van der Waals surface area contributed by atoms with E-state index in [2.05, 4.69) is 5.32 Å². The van der Waals surface area contributed by atoms with E-state index in [0.29, 0.717) is 28.9 Å². The molecule has 0 saturated heterocycles. The smallest absolute Gasteiger partial charge is 0.225 e. The fraction of sp³-hybridized carbons (Fsp3) is 0.611. The van der Waals surface area contributed by atoms with Gasteiger partial charge in [-0.1, -0.05) is 0 Å². The number of carbonyl (C=O) groups excluding carboxylic acids is 1. The van der Waals surface area contributed by atoms with Crippen LogP contribution in [0.15, 0.2) is 18.2 Å². The molecule has 2 fully saturated rings. The minimum atomic E-state index is -0.867. The predicted octanol–water partition coefficient (Wildman–Crippen LogP) is 1.65. The lowest BCUT2D eigenvalue weighted by Crippen LogP contribution is -2.46. The van der Waals surface area contributed by atoms with Gasteiger partial charge in [0.15, 0.2) is 0 Å². The number of aliphatic hydroxyl groups is 1. The summed E-state index contributed by atoms with van der Waals surface area (Å²) in [4.78, 5) is 12.5. The van der Waals surface area contributed by atoms with Gasteiger partial charge in [0.05, 0.1) is 26.2 Å². The van der Waals surface area contributed by atoms with Gasteiger partial charge >= 0.3 is 0 Å². The number of hydrogen-bond donors (Lipinski definition) is 3. The fourth-order valence-corrected chi connectivity index (χ4v) is 4.25. The molecule has 4 N–H and O–H groups in total. The summed E-state index contributed by atoms with van der Waals surface area (Å²) in [5.74, 6) is 1.90. The second-order valence-electron chi connectivity index (χ2n) is 6.81. The van der Waals surface area contributed by atoms with Crippen molar-refractivity contribution in [3.8, 4) is 11.5 Å². The van der Waals surface area contributed by atoms with E-state index in [4.69, 9.17) is 15.2 Å². The van der Waals surface area contributed by atoms with Crippen molar-refractivity contribution in [1.29, 1.82) is 0 Å². The zero-order valence-corrected chi connectivity index (χ0v) is 15.4. The molecule has 0 aromatic heterocycles. The highest BCUT2D eigenvalue weighted by molar-refractivity contribution is 5.85. The van der Waals surface area contributed by atoms with Crippen LogP contribution in [-0.2, 0) is 4.79 Å². The molecule has 25 heavy (non-hydrogen) atoms. The highest BCUT2D eigenvalue weighted by atomic mass is 35.5. The van der Waals surface area contributed by atoms with Crippen molar-refractivity contribution in [2.75, 3.05) is 20.8 Å². The van der Waals surface area contributed by atoms with Crippen LogP contribution < -0.4 is 20.5 Å². The number of nitrogens with one attached hydrogen (secondary N) is 1. The van der Waals surface area contributed by atoms with Gasteiger partial charge in [-0.25, -0.2) is 0 Å². The van der Waals surface area contributed by atoms with Crippen molar-refractivity contribution >= 4 is 18.3 Å². The van der Waals surface area contributed by atoms with Gasteiger partial charge in [0.2, 0.25) is 5.91 Å². The van der Waals surface area contributed by atoms with E-state index in [-0.39, 0.29) is 36.8 Å². The van der Waals surface area contributed by atoms with E-state index in [1.807, 2.05) is 0 Å². The molecule has 5 atom stereocenters. The predicted molar refractivity (Wildman–Crippen MR) is 97.1 cm³/mol. The molecule has 0 heterocycles. The Hall–Kier alpha value is -1.50. The summed E-state index contributed by atoms with van der Waals surface area (Å²) in [5.41, 5.74) is 6.80. The maximum atomic E-state index is 12.5. The third-order valence-corrected chi connectivity index (χ3v) is 5.55. The van der Waals surface area contributed by atoms with Gasteiger partial charge in [-0.15, -0.1) is 12.4 Å². The Kier molecular flexibility index (Phi) is 6.54. The van der Waals surface area contributed by atoms with Crippen molar-refractivity contribution in [2.45, 2.75) is 31.4 Å². The molecule has 2 aliphatic rings. The number of fused-ring (bicyclic) bond motifs is 2. The number of rotatable bonds is 6. The number of halogens is 1. The summed E-state index contributed by atoms with van der Waals surface area (Å²) in [7, 11) is 3.11. The summed E-state index contributed by atoms with van der Waals surface area (Å²) >= 11 is 0. The maximum absolute atomic E-state index is 12.5. The summed E-state index contributed by atoms with van der Waals surface area (Å²) in [6, 6.07) is 5.18. The maximum Gasteiger partial charge on any atom is 0.225 e. The first-order valence-corrected chi connectivity index (χ1v) is 8.48. The Morgan fingerprint density at radius 3 is 2.64 bits per heavy atom. The Balaban J connectivity index is 0.00000225. The molecule has 1 amide bonds. The van der Waals surface area contributed by atoms with E-state index in [0.717, 1.165) is 19.3 Å². The molecule has 0 radical (unpaired) electrons. The van der Waals surface area contributed by atoms with Gasteiger partial charge in [0.25, 0.3) is 0 Å². The van der Waals surface area contributed by atoms with Gasteiger partial charge in [0.1, 0.15) is 11.5 Å². The summed E-state index contributed by atoms with van der Waals surface area (Å²) in [5, 5.41) is 13.3. The van der Waals surface area contributed by atoms with E-state index < -0.39 is 6.10 Å². The van der Waals surface area contributed by atoms with Gasteiger partial charge < -0.3 is 25.6 Å². The molecular formula is C18H27ClN2O4. The Morgan fingerprint density at radius 1 is 1.32 bits per heavy atom. The lowest BCUT2D eigenvalue weighted by molar-refractivity contribution is -0.127. The molecule has 140 valence electrons. The Morgan fingerprint density at radius 2 is 2.04 bits per heavy atom. The Bertz CT molecular complexity index is 611. The van der Waals surface area contributed by atoms with Gasteiger partial charge in [-0.05, 0) is 49.3 Å². The number of methoxy groups -OCH3 is 2. The number of aliphatic hydroxyl groups excluding tert-OH is 1. The zero-order valence-electron chi connectivity index (χ0n) is 14.6. The van der Waals surface area contributed by atoms with Crippen LogP contribution in [0.3, 0.4) is 0 Å². The van der Waals surface area contributed by atoms with Crippen molar-refractivity contribution < 1.29 is 19.4 Å². The number of ether oxygens (including phenoxy) is 2. The van der Waals surface area contributed by atoms with Gasteiger partial charge in [-0.2, -0.15) is 0 Å². The molecule has 1 aromatic rings. The highest BCUT2D eigenvalue weighted by Crippen LogP contribution is 2.47. The quantitative estimate of drug-likeness (QED) is 0.707. The molecular weight excluding hydrogens is 344 g/mol. The molecule has 0 aliphatic heterocycles. The molecule has 3 rings (SSSR count). The molecule has 1 aromatic carbocycles. The minimum Gasteiger partial charge on any atom is -0.497 e. The largest absolute Gasteiger partial charge is 0.497 e. The summed E-state index contributed by atoms with van der Waals surface area (Å²) in [6.07, 6.45) is 2.42. The standard InChI is InChI=1S/C18H26N2O4.ClH/c1-23-12-5-6-15(24-2)13(8-12)14(21)9-20-18(22)16-10-3-4-11(7-10)17(16)19;/h5-6,8,10-11,14,16-17,21H,3-4,7,9,19H2,1-2H3,(H,20,22);1H. The van der Waals surface area contributed by atoms with Crippen molar-refractivity contribution in [2.24, 2.45) is 23.5 Å². The first kappa shape index (κ1) is 19.8. The fourth-order valence-electron chi connectivity index (χ4n) is 4.25. The number of benzene rings is 1. The first-order chi connectivity index (χ1) is 11.5. The van der Waals surface area contributed by atoms with E-state index in [1.54, 1.807) is 32.4 Å². The van der Waals surface area contributed by atoms with Crippen LogP contribution in [0.5, 0.6) is 11.5 Å². The highest BCUT2D eigenvalue weighted by Gasteiger charge is 2.49. The summed E-state index contributed by atoms with van der Waals surface area (Å²) in [6.45, 7) is 0.128. The normalized spacial score (nSPS) is 28.2. The Labute approximate surface area is 154 Å².